The molecule has 1 heterocycles. The SMILES string of the molecule is COC(=O)CNOCc1cc(Oc2ncc(C(F)(F)F)cc2Cl)ccc1[N+](=O)[O-]. The minimum Gasteiger partial charge on any atom is -0.468 e. The molecular formula is C16H13ClF3N3O6. The largest absolute Gasteiger partial charge is 0.468 e. The monoisotopic (exact) mass is 435 g/mol. The van der Waals surface area contributed by atoms with Crippen LogP contribution in [-0.4, -0.2) is 29.5 Å². The second-order valence-electron chi connectivity index (χ2n) is 5.34. The number of pyridine rings is 1. The van der Waals surface area contributed by atoms with Crippen molar-refractivity contribution in [3.05, 3.63) is 56.7 Å². The van der Waals surface area contributed by atoms with Crippen LogP contribution in [0.15, 0.2) is 30.5 Å². The molecule has 0 spiro atoms. The summed E-state index contributed by atoms with van der Waals surface area (Å²) in [4.78, 5) is 30.0. The van der Waals surface area contributed by atoms with Crippen molar-refractivity contribution in [1.82, 2.24) is 10.5 Å². The lowest BCUT2D eigenvalue weighted by molar-refractivity contribution is -0.386. The molecule has 1 aromatic heterocycles. The first-order valence-electron chi connectivity index (χ1n) is 7.71. The lowest BCUT2D eigenvalue weighted by Crippen LogP contribution is -2.24. The summed E-state index contributed by atoms with van der Waals surface area (Å²) in [6.45, 7) is -0.607. The molecular weight excluding hydrogens is 423 g/mol. The Bertz CT molecular complexity index is 910. The minimum absolute atomic E-state index is 0.0244. The zero-order chi connectivity index (χ0) is 21.6. The average Bonchev–Trinajstić information content (AvgIpc) is 2.65. The molecule has 0 aliphatic heterocycles. The maximum Gasteiger partial charge on any atom is 0.417 e. The van der Waals surface area contributed by atoms with Gasteiger partial charge in [-0.05, 0) is 18.2 Å². The summed E-state index contributed by atoms with van der Waals surface area (Å²) in [5.74, 6) is -0.903. The van der Waals surface area contributed by atoms with E-state index < -0.39 is 27.7 Å². The summed E-state index contributed by atoms with van der Waals surface area (Å²) in [6.07, 6.45) is -4.07. The molecule has 0 radical (unpaired) electrons. The molecule has 0 unspecified atom stereocenters. The molecule has 0 amide bonds. The Morgan fingerprint density at radius 2 is 2.07 bits per heavy atom. The number of methoxy groups -OCH3 is 1. The van der Waals surface area contributed by atoms with Gasteiger partial charge in [0, 0.05) is 12.3 Å². The fraction of sp³-hybridized carbons (Fsp3) is 0.250. The molecule has 13 heteroatoms. The standard InChI is InChI=1S/C16H13ClF3N3O6/c1-27-14(24)7-22-28-8-9-4-11(2-3-13(9)23(25)26)29-15-12(17)5-10(6-21-15)16(18,19)20/h2-6,22H,7-8H2,1H3. The van der Waals surface area contributed by atoms with Gasteiger partial charge in [-0.15, -0.1) is 0 Å². The highest BCUT2D eigenvalue weighted by Crippen LogP contribution is 2.35. The maximum absolute atomic E-state index is 12.7. The van der Waals surface area contributed by atoms with Gasteiger partial charge in [-0.2, -0.15) is 18.7 Å². The molecule has 9 nitrogen and oxygen atoms in total. The maximum atomic E-state index is 12.7. The zero-order valence-corrected chi connectivity index (χ0v) is 15.4. The number of halogens is 4. The smallest absolute Gasteiger partial charge is 0.417 e. The fourth-order valence-electron chi connectivity index (χ4n) is 2.00. The van der Waals surface area contributed by atoms with E-state index >= 15 is 0 Å². The summed E-state index contributed by atoms with van der Waals surface area (Å²) in [6, 6.07) is 4.22. The molecule has 29 heavy (non-hydrogen) atoms. The van der Waals surface area contributed by atoms with Crippen LogP contribution in [0.1, 0.15) is 11.1 Å². The number of carbonyl (C=O) groups excluding carboxylic acids is 1. The Kier molecular flexibility index (Phi) is 7.31. The predicted octanol–water partition coefficient (Wildman–Crippen LogP) is 3.65. The van der Waals surface area contributed by atoms with E-state index in [2.05, 4.69) is 15.2 Å². The molecule has 0 saturated carbocycles. The molecule has 0 bridgehead atoms. The lowest BCUT2D eigenvalue weighted by atomic mass is 10.2. The number of esters is 1. The number of nitro benzene ring substituents is 1. The molecule has 0 saturated heterocycles. The van der Waals surface area contributed by atoms with Gasteiger partial charge >= 0.3 is 12.1 Å². The third kappa shape index (κ3) is 6.27. The van der Waals surface area contributed by atoms with Crippen molar-refractivity contribution in [3.8, 4) is 11.6 Å². The Labute approximate surface area is 166 Å². The number of rotatable bonds is 8. The van der Waals surface area contributed by atoms with E-state index in [0.717, 1.165) is 6.07 Å². The highest BCUT2D eigenvalue weighted by molar-refractivity contribution is 6.31. The summed E-state index contributed by atoms with van der Waals surface area (Å²) in [5, 5.41) is 10.7. The van der Waals surface area contributed by atoms with E-state index in [4.69, 9.17) is 21.2 Å². The van der Waals surface area contributed by atoms with Gasteiger partial charge in [0.25, 0.3) is 5.69 Å². The highest BCUT2D eigenvalue weighted by Gasteiger charge is 2.32. The van der Waals surface area contributed by atoms with E-state index in [0.29, 0.717) is 12.3 Å². The Morgan fingerprint density at radius 1 is 1.34 bits per heavy atom. The van der Waals surface area contributed by atoms with Gasteiger partial charge in [0.15, 0.2) is 0 Å². The molecule has 0 atom stereocenters. The summed E-state index contributed by atoms with van der Waals surface area (Å²) in [7, 11) is 1.18. The number of hydrogen-bond donors (Lipinski definition) is 1. The van der Waals surface area contributed by atoms with Crippen LogP contribution >= 0.6 is 11.6 Å². The first kappa shape index (κ1) is 22.3. The summed E-state index contributed by atoms with van der Waals surface area (Å²) in [5.41, 5.74) is 0.981. The third-order valence-corrected chi connectivity index (χ3v) is 3.64. The molecule has 0 aliphatic carbocycles. The summed E-state index contributed by atoms with van der Waals surface area (Å²) < 4.78 is 47.7. The van der Waals surface area contributed by atoms with Gasteiger partial charge in [-0.1, -0.05) is 11.6 Å². The van der Waals surface area contributed by atoms with Gasteiger partial charge in [-0.3, -0.25) is 19.7 Å². The van der Waals surface area contributed by atoms with Crippen LogP contribution in [0, 0.1) is 10.1 Å². The highest BCUT2D eigenvalue weighted by atomic mass is 35.5. The number of hydrogen-bond acceptors (Lipinski definition) is 8. The molecule has 156 valence electrons. The lowest BCUT2D eigenvalue weighted by Gasteiger charge is -2.11. The quantitative estimate of drug-likeness (QED) is 0.289. The number of nitrogens with zero attached hydrogens (tertiary/aromatic N) is 2. The number of aromatic nitrogens is 1. The molecule has 2 aromatic rings. The molecule has 0 fully saturated rings. The van der Waals surface area contributed by atoms with E-state index in [1.807, 2.05) is 0 Å². The number of nitrogens with one attached hydrogen (secondary N) is 1. The first-order chi connectivity index (χ1) is 13.6. The van der Waals surface area contributed by atoms with Crippen LogP contribution in [0.5, 0.6) is 11.6 Å². The van der Waals surface area contributed by atoms with Crippen LogP contribution in [0.3, 0.4) is 0 Å². The second-order valence-corrected chi connectivity index (χ2v) is 5.75. The Hall–Kier alpha value is -2.96. The van der Waals surface area contributed by atoms with E-state index in [1.165, 1.54) is 19.2 Å². The third-order valence-electron chi connectivity index (χ3n) is 3.37. The van der Waals surface area contributed by atoms with Crippen LogP contribution in [0.2, 0.25) is 5.02 Å². The molecule has 2 rings (SSSR count). The van der Waals surface area contributed by atoms with Gasteiger partial charge in [0.2, 0.25) is 5.88 Å². The van der Waals surface area contributed by atoms with E-state index in [9.17, 15) is 28.1 Å². The second kappa shape index (κ2) is 9.49. The number of carbonyl (C=O) groups is 1. The van der Waals surface area contributed by atoms with Crippen molar-refractivity contribution in [2.75, 3.05) is 13.7 Å². The minimum atomic E-state index is -4.62. The van der Waals surface area contributed by atoms with Crippen LogP contribution in [-0.2, 0) is 27.2 Å². The van der Waals surface area contributed by atoms with Crippen molar-refractivity contribution >= 4 is 23.3 Å². The Morgan fingerprint density at radius 3 is 2.66 bits per heavy atom. The van der Waals surface area contributed by atoms with Crippen molar-refractivity contribution < 1.29 is 37.2 Å². The van der Waals surface area contributed by atoms with Crippen LogP contribution < -0.4 is 10.2 Å². The number of alkyl halides is 3. The van der Waals surface area contributed by atoms with Crippen molar-refractivity contribution in [2.24, 2.45) is 0 Å². The van der Waals surface area contributed by atoms with Crippen molar-refractivity contribution in [1.29, 1.82) is 0 Å². The van der Waals surface area contributed by atoms with Crippen LogP contribution in [0.25, 0.3) is 0 Å². The number of ether oxygens (including phenoxy) is 2. The average molecular weight is 436 g/mol. The normalized spacial score (nSPS) is 11.2. The van der Waals surface area contributed by atoms with Gasteiger partial charge in [0.05, 0.1) is 23.2 Å². The molecule has 1 aromatic carbocycles. The molecule has 1 N–H and O–H groups in total. The summed E-state index contributed by atoms with van der Waals surface area (Å²) >= 11 is 5.78. The van der Waals surface area contributed by atoms with Gasteiger partial charge in [0.1, 0.15) is 23.9 Å². The number of hydroxylamine groups is 1. The Balaban J connectivity index is 2.17. The number of nitro groups is 1. The van der Waals surface area contributed by atoms with Crippen molar-refractivity contribution in [2.45, 2.75) is 12.8 Å². The first-order valence-corrected chi connectivity index (χ1v) is 8.09. The van der Waals surface area contributed by atoms with Crippen LogP contribution in [0.4, 0.5) is 18.9 Å². The van der Waals surface area contributed by atoms with Gasteiger partial charge in [-0.25, -0.2) is 4.98 Å². The predicted molar refractivity (Wildman–Crippen MR) is 92.2 cm³/mol. The van der Waals surface area contributed by atoms with Gasteiger partial charge < -0.3 is 9.47 Å². The van der Waals surface area contributed by atoms with E-state index in [-0.39, 0.29) is 36.0 Å². The molecule has 0 aliphatic rings. The number of benzene rings is 1. The topological polar surface area (TPSA) is 113 Å². The van der Waals surface area contributed by atoms with E-state index in [1.54, 1.807) is 0 Å². The fourth-order valence-corrected chi connectivity index (χ4v) is 2.20. The zero-order valence-electron chi connectivity index (χ0n) is 14.7. The van der Waals surface area contributed by atoms with Crippen molar-refractivity contribution in [3.63, 3.8) is 0 Å².